The maximum atomic E-state index is 5.43. The summed E-state index contributed by atoms with van der Waals surface area (Å²) < 4.78 is 10.6. The minimum atomic E-state index is 0.121. The highest BCUT2D eigenvalue weighted by Crippen LogP contribution is 2.13. The van der Waals surface area contributed by atoms with Gasteiger partial charge in [0.25, 0.3) is 0 Å². The second kappa shape index (κ2) is 4.86. The minimum absolute atomic E-state index is 0.121. The van der Waals surface area contributed by atoms with E-state index in [0.29, 0.717) is 0 Å². The first kappa shape index (κ1) is 10.1. The first-order chi connectivity index (χ1) is 7.38. The third-order valence-corrected chi connectivity index (χ3v) is 2.38. The molecular weight excluding hydrogens is 188 g/mol. The van der Waals surface area contributed by atoms with Gasteiger partial charge in [-0.1, -0.05) is 17.9 Å². The van der Waals surface area contributed by atoms with E-state index in [9.17, 15) is 0 Å². The van der Waals surface area contributed by atoms with Gasteiger partial charge in [-0.15, -0.1) is 0 Å². The Balaban J connectivity index is 2.08. The Labute approximate surface area is 90.2 Å². The Morgan fingerprint density at radius 3 is 3.13 bits per heavy atom. The van der Waals surface area contributed by atoms with Crippen molar-refractivity contribution in [1.82, 2.24) is 0 Å². The maximum absolute atomic E-state index is 5.43. The van der Waals surface area contributed by atoms with Crippen LogP contribution < -0.4 is 4.74 Å². The van der Waals surface area contributed by atoms with Gasteiger partial charge >= 0.3 is 0 Å². The summed E-state index contributed by atoms with van der Waals surface area (Å²) >= 11 is 0. The van der Waals surface area contributed by atoms with Gasteiger partial charge in [0.1, 0.15) is 11.9 Å². The molecule has 0 bridgehead atoms. The number of rotatable bonds is 1. The molecule has 0 saturated carbocycles. The Morgan fingerprint density at radius 1 is 1.47 bits per heavy atom. The van der Waals surface area contributed by atoms with Crippen LogP contribution in [0.2, 0.25) is 0 Å². The van der Waals surface area contributed by atoms with Gasteiger partial charge in [0.05, 0.1) is 7.11 Å². The van der Waals surface area contributed by atoms with Gasteiger partial charge in [0, 0.05) is 12.2 Å². The number of ether oxygens (including phenoxy) is 2. The molecule has 2 heteroatoms. The Hall–Kier alpha value is -1.46. The summed E-state index contributed by atoms with van der Waals surface area (Å²) in [6.07, 6.45) is 2.30. The van der Waals surface area contributed by atoms with Crippen molar-refractivity contribution in [3.63, 3.8) is 0 Å². The van der Waals surface area contributed by atoms with E-state index in [-0.39, 0.29) is 6.10 Å². The highest BCUT2D eigenvalue weighted by Gasteiger charge is 2.11. The molecule has 1 aliphatic heterocycles. The standard InChI is InChI=1S/C13H14O2/c1-14-13-5-2-4-11(10-13)7-8-12-6-3-9-15-12/h2,4-5,10,12H,3,6,9H2,1H3. The van der Waals surface area contributed by atoms with Crippen LogP contribution in [0.25, 0.3) is 0 Å². The summed E-state index contributed by atoms with van der Waals surface area (Å²) in [5, 5.41) is 0. The van der Waals surface area contributed by atoms with Gasteiger partial charge in [0.15, 0.2) is 0 Å². The smallest absolute Gasteiger partial charge is 0.120 e. The van der Waals surface area contributed by atoms with Crippen molar-refractivity contribution in [2.75, 3.05) is 13.7 Å². The SMILES string of the molecule is COc1cccc(C#CC2CCCO2)c1. The zero-order valence-corrected chi connectivity index (χ0v) is 8.82. The Kier molecular flexibility index (Phi) is 3.26. The van der Waals surface area contributed by atoms with Crippen LogP contribution in [0.3, 0.4) is 0 Å². The number of hydrogen-bond acceptors (Lipinski definition) is 2. The number of benzene rings is 1. The van der Waals surface area contributed by atoms with Crippen LogP contribution in [-0.2, 0) is 4.74 Å². The summed E-state index contributed by atoms with van der Waals surface area (Å²) in [5.41, 5.74) is 0.977. The zero-order chi connectivity index (χ0) is 10.5. The Bertz CT molecular complexity index is 381. The first-order valence-corrected chi connectivity index (χ1v) is 5.16. The van der Waals surface area contributed by atoms with Crippen molar-refractivity contribution < 1.29 is 9.47 Å². The van der Waals surface area contributed by atoms with Gasteiger partial charge in [-0.25, -0.2) is 0 Å². The molecule has 2 nitrogen and oxygen atoms in total. The molecule has 1 aromatic rings. The van der Waals surface area contributed by atoms with Crippen LogP contribution in [-0.4, -0.2) is 19.8 Å². The molecule has 0 aromatic heterocycles. The monoisotopic (exact) mass is 202 g/mol. The van der Waals surface area contributed by atoms with E-state index in [1.807, 2.05) is 24.3 Å². The first-order valence-electron chi connectivity index (χ1n) is 5.16. The minimum Gasteiger partial charge on any atom is -0.497 e. The molecular formula is C13H14O2. The second-order valence-electron chi connectivity index (χ2n) is 3.50. The van der Waals surface area contributed by atoms with E-state index in [4.69, 9.17) is 9.47 Å². The molecule has 15 heavy (non-hydrogen) atoms. The van der Waals surface area contributed by atoms with Crippen LogP contribution in [0.15, 0.2) is 24.3 Å². The van der Waals surface area contributed by atoms with Crippen molar-refractivity contribution in [3.05, 3.63) is 29.8 Å². The topological polar surface area (TPSA) is 18.5 Å². The molecule has 0 amide bonds. The van der Waals surface area contributed by atoms with Crippen molar-refractivity contribution in [2.24, 2.45) is 0 Å². The van der Waals surface area contributed by atoms with Gasteiger partial charge in [-0.2, -0.15) is 0 Å². The van der Waals surface area contributed by atoms with Crippen molar-refractivity contribution in [1.29, 1.82) is 0 Å². The maximum Gasteiger partial charge on any atom is 0.120 e. The fraction of sp³-hybridized carbons (Fsp3) is 0.385. The lowest BCUT2D eigenvalue weighted by Crippen LogP contribution is -1.99. The molecule has 1 heterocycles. The summed E-state index contributed by atoms with van der Waals surface area (Å²) in [4.78, 5) is 0. The van der Waals surface area contributed by atoms with Crippen molar-refractivity contribution >= 4 is 0 Å². The number of methoxy groups -OCH3 is 1. The van der Waals surface area contributed by atoms with Crippen molar-refractivity contribution in [2.45, 2.75) is 18.9 Å². The summed E-state index contributed by atoms with van der Waals surface area (Å²) in [6, 6.07) is 7.77. The molecule has 2 rings (SSSR count). The average molecular weight is 202 g/mol. The lowest BCUT2D eigenvalue weighted by Gasteiger charge is -1.99. The van der Waals surface area contributed by atoms with Gasteiger partial charge in [-0.3, -0.25) is 0 Å². The van der Waals surface area contributed by atoms with E-state index in [1.165, 1.54) is 0 Å². The van der Waals surface area contributed by atoms with E-state index in [1.54, 1.807) is 7.11 Å². The average Bonchev–Trinajstić information content (AvgIpc) is 2.79. The van der Waals surface area contributed by atoms with E-state index in [0.717, 1.165) is 30.8 Å². The van der Waals surface area contributed by atoms with Crippen molar-refractivity contribution in [3.8, 4) is 17.6 Å². The molecule has 1 saturated heterocycles. The summed E-state index contributed by atoms with van der Waals surface area (Å²) in [5.74, 6) is 7.07. The fourth-order valence-corrected chi connectivity index (χ4v) is 1.56. The van der Waals surface area contributed by atoms with Gasteiger partial charge < -0.3 is 9.47 Å². The number of hydrogen-bond donors (Lipinski definition) is 0. The van der Waals surface area contributed by atoms with Gasteiger partial charge in [0.2, 0.25) is 0 Å². The molecule has 0 aliphatic carbocycles. The third kappa shape index (κ3) is 2.74. The molecule has 0 spiro atoms. The molecule has 1 unspecified atom stereocenters. The van der Waals surface area contributed by atoms with Crippen LogP contribution >= 0.6 is 0 Å². The lowest BCUT2D eigenvalue weighted by molar-refractivity contribution is 0.152. The predicted molar refractivity (Wildman–Crippen MR) is 58.8 cm³/mol. The van der Waals surface area contributed by atoms with Crippen LogP contribution in [0.1, 0.15) is 18.4 Å². The lowest BCUT2D eigenvalue weighted by atomic mass is 10.2. The van der Waals surface area contributed by atoms with Gasteiger partial charge in [-0.05, 0) is 31.0 Å². The molecule has 1 atom stereocenters. The highest BCUT2D eigenvalue weighted by atomic mass is 16.5. The summed E-state index contributed by atoms with van der Waals surface area (Å²) in [7, 11) is 1.66. The van der Waals surface area contributed by atoms with Crippen LogP contribution in [0, 0.1) is 11.8 Å². The Morgan fingerprint density at radius 2 is 2.40 bits per heavy atom. The van der Waals surface area contributed by atoms with E-state index in [2.05, 4.69) is 11.8 Å². The van der Waals surface area contributed by atoms with Crippen LogP contribution in [0.4, 0.5) is 0 Å². The molecule has 78 valence electrons. The third-order valence-electron chi connectivity index (χ3n) is 2.38. The highest BCUT2D eigenvalue weighted by molar-refractivity contribution is 5.40. The molecule has 1 aromatic carbocycles. The van der Waals surface area contributed by atoms with E-state index < -0.39 is 0 Å². The molecule has 0 N–H and O–H groups in total. The quantitative estimate of drug-likeness (QED) is 0.650. The van der Waals surface area contributed by atoms with E-state index >= 15 is 0 Å². The molecule has 0 radical (unpaired) electrons. The molecule has 1 aliphatic rings. The molecule has 1 fully saturated rings. The van der Waals surface area contributed by atoms with Crippen LogP contribution in [0.5, 0.6) is 5.75 Å². The zero-order valence-electron chi connectivity index (χ0n) is 8.82. The largest absolute Gasteiger partial charge is 0.497 e. The fourth-order valence-electron chi connectivity index (χ4n) is 1.56. The summed E-state index contributed by atoms with van der Waals surface area (Å²) in [6.45, 7) is 0.845. The second-order valence-corrected chi connectivity index (χ2v) is 3.50. The predicted octanol–water partition coefficient (Wildman–Crippen LogP) is 2.23. The normalized spacial score (nSPS) is 19.4.